The van der Waals surface area contributed by atoms with E-state index in [0.29, 0.717) is 16.4 Å². The lowest BCUT2D eigenvalue weighted by atomic mass is 10.2. The first kappa shape index (κ1) is 16.6. The Labute approximate surface area is 138 Å². The van der Waals surface area contributed by atoms with E-state index in [1.54, 1.807) is 24.3 Å². The molecule has 0 spiro atoms. The number of terminal acetylenes is 1. The fourth-order valence-electron chi connectivity index (χ4n) is 1.78. The molecule has 2 amide bonds. The van der Waals surface area contributed by atoms with E-state index >= 15 is 0 Å². The number of amidine groups is 1. The summed E-state index contributed by atoms with van der Waals surface area (Å²) in [7, 11) is 1.52. The van der Waals surface area contributed by atoms with Gasteiger partial charge in [0.15, 0.2) is 16.7 Å². The van der Waals surface area contributed by atoms with E-state index in [0.717, 1.165) is 17.3 Å². The minimum atomic E-state index is -0.398. The van der Waals surface area contributed by atoms with Gasteiger partial charge in [-0.3, -0.25) is 9.59 Å². The number of aliphatic imine (C=N–C) groups is 1. The Hall–Kier alpha value is -2.72. The molecule has 0 fully saturated rings. The summed E-state index contributed by atoms with van der Waals surface area (Å²) in [4.78, 5) is 27.0. The second-order valence-electron chi connectivity index (χ2n) is 4.42. The first-order valence-corrected chi connectivity index (χ1v) is 7.39. The summed E-state index contributed by atoms with van der Waals surface area (Å²) >= 11 is 1.10. The van der Waals surface area contributed by atoms with Crippen molar-refractivity contribution in [1.29, 1.82) is 0 Å². The largest absolute Gasteiger partial charge is 0.493 e. The quantitative estimate of drug-likeness (QED) is 0.673. The molecule has 0 saturated heterocycles. The molecule has 0 aliphatic carbocycles. The van der Waals surface area contributed by atoms with Gasteiger partial charge in [-0.2, -0.15) is 4.99 Å². The van der Waals surface area contributed by atoms with Crippen LogP contribution in [0.4, 0.5) is 0 Å². The van der Waals surface area contributed by atoms with Gasteiger partial charge in [-0.05, 0) is 35.5 Å². The Morgan fingerprint density at radius 3 is 2.91 bits per heavy atom. The van der Waals surface area contributed by atoms with Gasteiger partial charge in [-0.15, -0.1) is 6.42 Å². The van der Waals surface area contributed by atoms with Crippen molar-refractivity contribution in [2.45, 2.75) is 6.92 Å². The summed E-state index contributed by atoms with van der Waals surface area (Å²) in [6, 6.07) is 5.21. The van der Waals surface area contributed by atoms with Gasteiger partial charge in [0.05, 0.1) is 12.0 Å². The van der Waals surface area contributed by atoms with Crippen LogP contribution in [0.15, 0.2) is 28.1 Å². The maximum absolute atomic E-state index is 11.8. The molecule has 0 saturated carbocycles. The molecule has 1 heterocycles. The minimum Gasteiger partial charge on any atom is -0.493 e. The number of carbonyl (C=O) groups excluding carboxylic acids is 2. The molecule has 118 valence electrons. The molecule has 0 aromatic heterocycles. The van der Waals surface area contributed by atoms with E-state index in [1.165, 1.54) is 14.0 Å². The number of carbonyl (C=O) groups is 2. The number of ether oxygens (including phenoxy) is 2. The number of nitrogens with zero attached hydrogens (tertiary/aromatic N) is 1. The Balaban J connectivity index is 2.19. The van der Waals surface area contributed by atoms with Gasteiger partial charge < -0.3 is 14.8 Å². The van der Waals surface area contributed by atoms with Gasteiger partial charge in [0.2, 0.25) is 5.91 Å². The molecular formula is C16H14N2O4S. The second-order valence-corrected chi connectivity index (χ2v) is 5.45. The van der Waals surface area contributed by atoms with E-state index in [4.69, 9.17) is 15.9 Å². The SMILES string of the molecule is C#CCOc1ccc(C=C2SC(NC(C)=O)=NC2=O)cc1OC. The van der Waals surface area contributed by atoms with Crippen LogP contribution in [0.1, 0.15) is 12.5 Å². The zero-order valence-electron chi connectivity index (χ0n) is 12.6. The number of hydrogen-bond donors (Lipinski definition) is 1. The van der Waals surface area contributed by atoms with Crippen molar-refractivity contribution in [2.24, 2.45) is 4.99 Å². The van der Waals surface area contributed by atoms with Crippen molar-refractivity contribution >= 4 is 34.8 Å². The summed E-state index contributed by atoms with van der Waals surface area (Å²) in [6.07, 6.45) is 6.83. The van der Waals surface area contributed by atoms with E-state index in [2.05, 4.69) is 16.2 Å². The molecule has 0 unspecified atom stereocenters. The third-order valence-electron chi connectivity index (χ3n) is 2.70. The number of nitrogens with one attached hydrogen (secondary N) is 1. The van der Waals surface area contributed by atoms with Crippen LogP contribution in [-0.2, 0) is 9.59 Å². The molecule has 1 aromatic carbocycles. The van der Waals surface area contributed by atoms with Crippen molar-refractivity contribution < 1.29 is 19.1 Å². The third kappa shape index (κ3) is 4.37. The highest BCUT2D eigenvalue weighted by molar-refractivity contribution is 8.18. The Morgan fingerprint density at radius 2 is 2.26 bits per heavy atom. The van der Waals surface area contributed by atoms with Crippen molar-refractivity contribution in [3.8, 4) is 23.8 Å². The van der Waals surface area contributed by atoms with Crippen molar-refractivity contribution in [1.82, 2.24) is 5.32 Å². The van der Waals surface area contributed by atoms with Gasteiger partial charge in [-0.25, -0.2) is 0 Å². The van der Waals surface area contributed by atoms with Crippen LogP contribution >= 0.6 is 11.8 Å². The van der Waals surface area contributed by atoms with Gasteiger partial charge in [0.1, 0.15) is 6.61 Å². The molecule has 1 N–H and O–H groups in total. The van der Waals surface area contributed by atoms with Crippen LogP contribution in [0.25, 0.3) is 6.08 Å². The Bertz CT molecular complexity index is 747. The molecule has 6 nitrogen and oxygen atoms in total. The number of methoxy groups -OCH3 is 1. The summed E-state index contributed by atoms with van der Waals surface area (Å²) in [5, 5.41) is 2.76. The Kier molecular flexibility index (Phi) is 5.44. The average molecular weight is 330 g/mol. The van der Waals surface area contributed by atoms with Crippen molar-refractivity contribution in [2.75, 3.05) is 13.7 Å². The molecule has 23 heavy (non-hydrogen) atoms. The normalized spacial score (nSPS) is 15.1. The molecule has 0 radical (unpaired) electrons. The van der Waals surface area contributed by atoms with E-state index < -0.39 is 5.91 Å². The first-order chi connectivity index (χ1) is 11.0. The first-order valence-electron chi connectivity index (χ1n) is 6.58. The van der Waals surface area contributed by atoms with Crippen LogP contribution in [0.5, 0.6) is 11.5 Å². The number of rotatable bonds is 4. The predicted molar refractivity (Wildman–Crippen MR) is 89.1 cm³/mol. The zero-order chi connectivity index (χ0) is 16.8. The lowest BCUT2D eigenvalue weighted by Gasteiger charge is -2.09. The van der Waals surface area contributed by atoms with Gasteiger partial charge in [0, 0.05) is 6.92 Å². The second kappa shape index (κ2) is 7.51. The van der Waals surface area contributed by atoms with Gasteiger partial charge >= 0.3 is 0 Å². The summed E-state index contributed by atoms with van der Waals surface area (Å²) < 4.78 is 10.6. The molecule has 1 aliphatic rings. The maximum atomic E-state index is 11.8. The highest BCUT2D eigenvalue weighted by Gasteiger charge is 2.22. The van der Waals surface area contributed by atoms with E-state index in [-0.39, 0.29) is 17.7 Å². The lowest BCUT2D eigenvalue weighted by molar-refractivity contribution is -0.117. The highest BCUT2D eigenvalue weighted by Crippen LogP contribution is 2.32. The van der Waals surface area contributed by atoms with E-state index in [1.807, 2.05) is 0 Å². The molecule has 2 rings (SSSR count). The fraction of sp³-hybridized carbons (Fsp3) is 0.188. The maximum Gasteiger partial charge on any atom is 0.286 e. The fourth-order valence-corrected chi connectivity index (χ4v) is 2.64. The standard InChI is InChI=1S/C16H14N2O4S/c1-4-7-22-12-6-5-11(8-13(12)21-3)9-14-15(20)18-16(23-14)17-10(2)19/h1,5-6,8-9H,7H2,2-3H3,(H,17,18,19,20). The van der Waals surface area contributed by atoms with E-state index in [9.17, 15) is 9.59 Å². The van der Waals surface area contributed by atoms with Gasteiger partial charge in [-0.1, -0.05) is 12.0 Å². The molecule has 7 heteroatoms. The highest BCUT2D eigenvalue weighted by atomic mass is 32.2. The number of amides is 2. The van der Waals surface area contributed by atoms with Gasteiger partial charge in [0.25, 0.3) is 5.91 Å². The van der Waals surface area contributed by atoms with Crippen molar-refractivity contribution in [3.63, 3.8) is 0 Å². The smallest absolute Gasteiger partial charge is 0.286 e. The lowest BCUT2D eigenvalue weighted by Crippen LogP contribution is -2.23. The summed E-state index contributed by atoms with van der Waals surface area (Å²) in [6.45, 7) is 1.49. The topological polar surface area (TPSA) is 77.0 Å². The molecule has 0 bridgehead atoms. The monoisotopic (exact) mass is 330 g/mol. The average Bonchev–Trinajstić information content (AvgIpc) is 2.84. The molecular weight excluding hydrogens is 316 g/mol. The minimum absolute atomic E-state index is 0.138. The number of hydrogen-bond acceptors (Lipinski definition) is 5. The predicted octanol–water partition coefficient (Wildman–Crippen LogP) is 1.81. The van der Waals surface area contributed by atoms with Crippen LogP contribution in [0, 0.1) is 12.3 Å². The van der Waals surface area contributed by atoms with Crippen LogP contribution < -0.4 is 14.8 Å². The summed E-state index contributed by atoms with van der Waals surface area (Å²) in [5.74, 6) is 2.73. The molecule has 1 aliphatic heterocycles. The summed E-state index contributed by atoms with van der Waals surface area (Å²) in [5.41, 5.74) is 0.741. The molecule has 1 aromatic rings. The number of benzene rings is 1. The third-order valence-corrected chi connectivity index (χ3v) is 3.60. The Morgan fingerprint density at radius 1 is 1.48 bits per heavy atom. The number of thioether (sulfide) groups is 1. The van der Waals surface area contributed by atoms with Crippen molar-refractivity contribution in [3.05, 3.63) is 28.7 Å². The van der Waals surface area contributed by atoms with Crippen LogP contribution in [0.3, 0.4) is 0 Å². The zero-order valence-corrected chi connectivity index (χ0v) is 13.4. The van der Waals surface area contributed by atoms with Crippen LogP contribution in [-0.4, -0.2) is 30.7 Å². The molecule has 0 atom stereocenters. The van der Waals surface area contributed by atoms with Crippen LogP contribution in [0.2, 0.25) is 0 Å².